The van der Waals surface area contributed by atoms with Crippen molar-refractivity contribution in [3.63, 3.8) is 0 Å². The molecule has 0 aromatic carbocycles. The molecule has 2 fully saturated rings. The van der Waals surface area contributed by atoms with E-state index in [1.807, 2.05) is 6.92 Å². The van der Waals surface area contributed by atoms with Crippen molar-refractivity contribution < 1.29 is 14.6 Å². The third-order valence-corrected chi connectivity index (χ3v) is 4.27. The van der Waals surface area contributed by atoms with Gasteiger partial charge in [-0.2, -0.15) is 0 Å². The Morgan fingerprint density at radius 2 is 2.12 bits per heavy atom. The lowest BCUT2D eigenvalue weighted by molar-refractivity contribution is -0.0646. The van der Waals surface area contributed by atoms with E-state index in [-0.39, 0.29) is 6.61 Å². The fraction of sp³-hybridized carbons (Fsp3) is 1.00. The Bertz CT molecular complexity index is 242. The van der Waals surface area contributed by atoms with Gasteiger partial charge in [0.15, 0.2) is 0 Å². The molecule has 0 spiro atoms. The number of nitrogens with zero attached hydrogens (tertiary/aromatic N) is 1. The SMILES string of the molecule is COC1CC2CCC1N2CC(C)(CO)OC. The molecule has 0 amide bonds. The van der Waals surface area contributed by atoms with E-state index in [1.54, 1.807) is 14.2 Å². The summed E-state index contributed by atoms with van der Waals surface area (Å²) in [5, 5.41) is 9.38. The van der Waals surface area contributed by atoms with E-state index in [1.165, 1.54) is 12.8 Å². The van der Waals surface area contributed by atoms with Crippen molar-refractivity contribution in [2.75, 3.05) is 27.4 Å². The fourth-order valence-electron chi connectivity index (χ4n) is 3.11. The van der Waals surface area contributed by atoms with Crippen LogP contribution >= 0.6 is 0 Å². The number of hydrogen-bond acceptors (Lipinski definition) is 4. The number of rotatable bonds is 5. The van der Waals surface area contributed by atoms with Crippen molar-refractivity contribution in [1.82, 2.24) is 4.90 Å². The molecule has 2 rings (SSSR count). The predicted octanol–water partition coefficient (Wildman–Crippen LogP) is 0.635. The molecule has 0 saturated carbocycles. The molecular weight excluding hydrogens is 206 g/mol. The highest BCUT2D eigenvalue weighted by Crippen LogP contribution is 2.39. The summed E-state index contributed by atoms with van der Waals surface area (Å²) in [6.07, 6.45) is 3.98. The highest BCUT2D eigenvalue weighted by Gasteiger charge is 2.48. The van der Waals surface area contributed by atoms with Crippen LogP contribution in [0.2, 0.25) is 0 Å². The lowest BCUT2D eigenvalue weighted by Gasteiger charge is -2.33. The third-order valence-electron chi connectivity index (χ3n) is 4.27. The molecule has 0 aromatic rings. The van der Waals surface area contributed by atoms with Gasteiger partial charge in [-0.25, -0.2) is 0 Å². The van der Waals surface area contributed by atoms with Gasteiger partial charge in [-0.05, 0) is 26.2 Å². The predicted molar refractivity (Wildman–Crippen MR) is 61.4 cm³/mol. The zero-order valence-electron chi connectivity index (χ0n) is 10.5. The van der Waals surface area contributed by atoms with E-state index in [0.29, 0.717) is 18.2 Å². The third kappa shape index (κ3) is 1.99. The van der Waals surface area contributed by atoms with Crippen molar-refractivity contribution in [2.24, 2.45) is 0 Å². The van der Waals surface area contributed by atoms with E-state index in [2.05, 4.69) is 4.90 Å². The quantitative estimate of drug-likeness (QED) is 0.751. The summed E-state index contributed by atoms with van der Waals surface area (Å²) in [7, 11) is 3.47. The minimum absolute atomic E-state index is 0.0666. The first-order valence-corrected chi connectivity index (χ1v) is 6.08. The molecule has 2 aliphatic heterocycles. The van der Waals surface area contributed by atoms with Gasteiger partial charge in [0.2, 0.25) is 0 Å². The smallest absolute Gasteiger partial charge is 0.101 e. The highest BCUT2D eigenvalue weighted by atomic mass is 16.5. The molecule has 4 unspecified atom stereocenters. The first kappa shape index (κ1) is 12.3. The van der Waals surface area contributed by atoms with Crippen LogP contribution in [0.3, 0.4) is 0 Å². The van der Waals surface area contributed by atoms with Gasteiger partial charge in [-0.3, -0.25) is 4.90 Å². The molecule has 4 atom stereocenters. The molecule has 0 aromatic heterocycles. The molecule has 2 bridgehead atoms. The first-order valence-electron chi connectivity index (χ1n) is 6.08. The molecule has 2 heterocycles. The van der Waals surface area contributed by atoms with Crippen LogP contribution in [0.5, 0.6) is 0 Å². The van der Waals surface area contributed by atoms with Gasteiger partial charge in [0.25, 0.3) is 0 Å². The van der Waals surface area contributed by atoms with E-state index in [0.717, 1.165) is 13.0 Å². The monoisotopic (exact) mass is 229 g/mol. The molecule has 0 aliphatic carbocycles. The van der Waals surface area contributed by atoms with Crippen LogP contribution in [0, 0.1) is 0 Å². The van der Waals surface area contributed by atoms with E-state index in [9.17, 15) is 5.11 Å². The molecule has 94 valence electrons. The van der Waals surface area contributed by atoms with Crippen molar-refractivity contribution >= 4 is 0 Å². The summed E-state index contributed by atoms with van der Waals surface area (Å²) in [5.41, 5.74) is -0.441. The second-order valence-electron chi connectivity index (χ2n) is 5.29. The Kier molecular flexibility index (Phi) is 3.54. The first-order chi connectivity index (χ1) is 7.63. The van der Waals surface area contributed by atoms with Gasteiger partial charge in [-0.1, -0.05) is 0 Å². The number of ether oxygens (including phenoxy) is 2. The number of hydrogen-bond donors (Lipinski definition) is 1. The Morgan fingerprint density at radius 1 is 1.38 bits per heavy atom. The lowest BCUT2D eigenvalue weighted by atomic mass is 9.98. The van der Waals surface area contributed by atoms with Crippen LogP contribution in [-0.4, -0.2) is 61.2 Å². The standard InChI is InChI=1S/C12H23NO3/c1-12(8-14,16-3)7-13-9-4-5-10(13)11(6-9)15-2/h9-11,14H,4-8H2,1-3H3. The van der Waals surface area contributed by atoms with Crippen LogP contribution in [-0.2, 0) is 9.47 Å². The van der Waals surface area contributed by atoms with Gasteiger partial charge in [0.05, 0.1) is 12.7 Å². The summed E-state index contributed by atoms with van der Waals surface area (Å²) in [4.78, 5) is 2.47. The molecule has 2 aliphatic rings. The van der Waals surface area contributed by atoms with Gasteiger partial charge >= 0.3 is 0 Å². The van der Waals surface area contributed by atoms with Gasteiger partial charge < -0.3 is 14.6 Å². The van der Waals surface area contributed by atoms with Crippen LogP contribution in [0.4, 0.5) is 0 Å². The van der Waals surface area contributed by atoms with Crippen molar-refractivity contribution in [3.8, 4) is 0 Å². The molecule has 1 N–H and O–H groups in total. The summed E-state index contributed by atoms with van der Waals surface area (Å²) in [6, 6.07) is 1.15. The zero-order valence-corrected chi connectivity index (χ0v) is 10.5. The number of aliphatic hydroxyl groups is 1. The molecule has 2 saturated heterocycles. The average molecular weight is 229 g/mol. The second kappa shape index (κ2) is 4.61. The van der Waals surface area contributed by atoms with E-state index >= 15 is 0 Å². The Balaban J connectivity index is 2.01. The van der Waals surface area contributed by atoms with E-state index < -0.39 is 5.60 Å². The summed E-state index contributed by atoms with van der Waals surface area (Å²) >= 11 is 0. The van der Waals surface area contributed by atoms with Crippen molar-refractivity contribution in [3.05, 3.63) is 0 Å². The fourth-order valence-corrected chi connectivity index (χ4v) is 3.11. The number of fused-ring (bicyclic) bond motifs is 2. The minimum Gasteiger partial charge on any atom is -0.393 e. The van der Waals surface area contributed by atoms with Gasteiger partial charge in [-0.15, -0.1) is 0 Å². The van der Waals surface area contributed by atoms with Crippen LogP contribution in [0.25, 0.3) is 0 Å². The average Bonchev–Trinajstić information content (AvgIpc) is 2.85. The number of aliphatic hydroxyl groups excluding tert-OH is 1. The maximum absolute atomic E-state index is 9.38. The maximum atomic E-state index is 9.38. The lowest BCUT2D eigenvalue weighted by Crippen LogP contribution is -2.47. The molecule has 4 nitrogen and oxygen atoms in total. The van der Waals surface area contributed by atoms with E-state index in [4.69, 9.17) is 9.47 Å². The normalized spacial score (nSPS) is 37.9. The topological polar surface area (TPSA) is 41.9 Å². The summed E-state index contributed by atoms with van der Waals surface area (Å²) in [5.74, 6) is 0. The van der Waals surface area contributed by atoms with Crippen LogP contribution in [0.15, 0.2) is 0 Å². The van der Waals surface area contributed by atoms with Crippen LogP contribution in [0.1, 0.15) is 26.2 Å². The molecular formula is C12H23NO3. The van der Waals surface area contributed by atoms with Crippen molar-refractivity contribution in [1.29, 1.82) is 0 Å². The van der Waals surface area contributed by atoms with Gasteiger partial charge in [0.1, 0.15) is 5.60 Å². The summed E-state index contributed by atoms with van der Waals surface area (Å²) in [6.45, 7) is 2.83. The Hall–Kier alpha value is -0.160. The second-order valence-corrected chi connectivity index (χ2v) is 5.29. The largest absolute Gasteiger partial charge is 0.393 e. The molecule has 4 heteroatoms. The Labute approximate surface area is 97.5 Å². The number of methoxy groups -OCH3 is 2. The van der Waals surface area contributed by atoms with Crippen LogP contribution < -0.4 is 0 Å². The summed E-state index contributed by atoms with van der Waals surface area (Å²) < 4.78 is 10.9. The molecule has 16 heavy (non-hydrogen) atoms. The van der Waals surface area contributed by atoms with Gasteiger partial charge in [0, 0.05) is 32.8 Å². The Morgan fingerprint density at radius 3 is 2.62 bits per heavy atom. The highest BCUT2D eigenvalue weighted by molar-refractivity contribution is 5.03. The minimum atomic E-state index is -0.441. The molecule has 0 radical (unpaired) electrons. The maximum Gasteiger partial charge on any atom is 0.101 e. The van der Waals surface area contributed by atoms with Crippen molar-refractivity contribution in [2.45, 2.75) is 50.0 Å². The zero-order chi connectivity index (χ0) is 11.8.